The molecule has 0 fully saturated rings. The van der Waals surface area contributed by atoms with Crippen LogP contribution in [0.3, 0.4) is 0 Å². The van der Waals surface area contributed by atoms with Gasteiger partial charge >= 0.3 is 0 Å². The van der Waals surface area contributed by atoms with Crippen molar-refractivity contribution < 1.29 is 26.8 Å². The number of hydroxylamine groups is 1. The summed E-state index contributed by atoms with van der Waals surface area (Å²) in [5.41, 5.74) is 2.15. The molecule has 4 N–H and O–H groups in total. The predicted octanol–water partition coefficient (Wildman–Crippen LogP) is 3.36. The summed E-state index contributed by atoms with van der Waals surface area (Å²) in [6, 6.07) is 16.7. The van der Waals surface area contributed by atoms with Gasteiger partial charge in [0.2, 0.25) is 20.0 Å². The molecule has 12 heteroatoms. The molecule has 0 heterocycles. The maximum atomic E-state index is 13.4. The number of sulfonamides is 2. The number of rotatable bonds is 12. The standard InChI is InChI=1S/C25H26ClN3O6S2/c1-3-23(18-12-14-19(26)15-13-18)36(32,33)27-16-22(25(30)28-31)29-37(34,35)24(4-2)21-11-7-9-17-8-5-6-10-20(17)21/h3-15,22-24,27,29,31H,1-2,16H2,(H,28,30). The number of nitrogens with one attached hydrogen (secondary N) is 3. The van der Waals surface area contributed by atoms with Crippen LogP contribution in [0.5, 0.6) is 0 Å². The molecule has 0 saturated carbocycles. The summed E-state index contributed by atoms with van der Waals surface area (Å²) in [5.74, 6) is -1.16. The minimum absolute atomic E-state index is 0.360. The Balaban J connectivity index is 1.87. The lowest BCUT2D eigenvalue weighted by Gasteiger charge is -2.23. The molecule has 3 unspecified atom stereocenters. The quantitative estimate of drug-likeness (QED) is 0.151. The Hall–Kier alpha value is -3.06. The van der Waals surface area contributed by atoms with Gasteiger partial charge in [-0.1, -0.05) is 78.4 Å². The van der Waals surface area contributed by atoms with Gasteiger partial charge in [-0.15, -0.1) is 13.2 Å². The van der Waals surface area contributed by atoms with Crippen molar-refractivity contribution in [3.63, 3.8) is 0 Å². The summed E-state index contributed by atoms with van der Waals surface area (Å²) in [4.78, 5) is 12.3. The maximum absolute atomic E-state index is 13.4. The molecule has 3 rings (SSSR count). The van der Waals surface area contributed by atoms with Crippen LogP contribution in [0.25, 0.3) is 10.8 Å². The third-order valence-electron chi connectivity index (χ3n) is 5.65. The lowest BCUT2D eigenvalue weighted by Crippen LogP contribution is -2.53. The van der Waals surface area contributed by atoms with E-state index in [9.17, 15) is 26.8 Å². The zero-order chi connectivity index (χ0) is 27.2. The van der Waals surface area contributed by atoms with E-state index in [0.29, 0.717) is 21.5 Å². The smallest absolute Gasteiger partial charge is 0.262 e. The van der Waals surface area contributed by atoms with Crippen LogP contribution in [0.2, 0.25) is 5.02 Å². The summed E-state index contributed by atoms with van der Waals surface area (Å²) >= 11 is 5.87. The van der Waals surface area contributed by atoms with E-state index in [1.807, 2.05) is 18.2 Å². The molecule has 3 atom stereocenters. The van der Waals surface area contributed by atoms with E-state index in [1.54, 1.807) is 24.3 Å². The zero-order valence-corrected chi connectivity index (χ0v) is 21.9. The molecule has 0 aliphatic carbocycles. The maximum Gasteiger partial charge on any atom is 0.262 e. The van der Waals surface area contributed by atoms with E-state index in [0.717, 1.165) is 5.39 Å². The number of carbonyl (C=O) groups is 1. The first-order chi connectivity index (χ1) is 17.5. The first-order valence-electron chi connectivity index (χ1n) is 11.0. The fourth-order valence-corrected chi connectivity index (χ4v) is 6.84. The Bertz CT molecular complexity index is 1500. The van der Waals surface area contributed by atoms with Crippen LogP contribution in [-0.4, -0.2) is 40.5 Å². The fourth-order valence-electron chi connectivity index (χ4n) is 3.84. The average molecular weight is 564 g/mol. The first-order valence-corrected chi connectivity index (χ1v) is 14.4. The average Bonchev–Trinajstić information content (AvgIpc) is 2.88. The summed E-state index contributed by atoms with van der Waals surface area (Å²) in [5, 5.41) is 8.58. The second-order valence-corrected chi connectivity index (χ2v) is 12.2. The highest BCUT2D eigenvalue weighted by molar-refractivity contribution is 7.90. The van der Waals surface area contributed by atoms with E-state index in [2.05, 4.69) is 22.6 Å². The van der Waals surface area contributed by atoms with Crippen molar-refractivity contribution >= 4 is 48.3 Å². The second kappa shape index (κ2) is 12.0. The zero-order valence-electron chi connectivity index (χ0n) is 19.5. The molecule has 3 aromatic carbocycles. The number of carbonyl (C=O) groups excluding carboxylic acids is 1. The fraction of sp³-hybridized carbons (Fsp3) is 0.160. The van der Waals surface area contributed by atoms with Crippen molar-refractivity contribution in [2.24, 2.45) is 0 Å². The molecule has 3 aromatic rings. The second-order valence-electron chi connectivity index (χ2n) is 8.02. The van der Waals surface area contributed by atoms with Gasteiger partial charge in [0.1, 0.15) is 16.5 Å². The van der Waals surface area contributed by atoms with Crippen LogP contribution < -0.4 is 14.9 Å². The minimum Gasteiger partial charge on any atom is -0.289 e. The van der Waals surface area contributed by atoms with E-state index in [4.69, 9.17) is 11.6 Å². The van der Waals surface area contributed by atoms with Crippen molar-refractivity contribution in [2.75, 3.05) is 6.54 Å². The molecule has 0 aliphatic heterocycles. The Morgan fingerprint density at radius 2 is 1.51 bits per heavy atom. The van der Waals surface area contributed by atoms with Gasteiger partial charge in [0.15, 0.2) is 0 Å². The molecular weight excluding hydrogens is 538 g/mol. The van der Waals surface area contributed by atoms with Crippen LogP contribution in [-0.2, 0) is 24.8 Å². The van der Waals surface area contributed by atoms with Crippen molar-refractivity contribution in [1.29, 1.82) is 0 Å². The Labute approximate surface area is 220 Å². The van der Waals surface area contributed by atoms with Crippen molar-refractivity contribution in [3.8, 4) is 0 Å². The van der Waals surface area contributed by atoms with Gasteiger partial charge in [-0.3, -0.25) is 10.0 Å². The van der Waals surface area contributed by atoms with Gasteiger partial charge in [-0.05, 0) is 34.0 Å². The topological polar surface area (TPSA) is 142 Å². The van der Waals surface area contributed by atoms with Crippen LogP contribution in [0.15, 0.2) is 92.0 Å². The highest BCUT2D eigenvalue weighted by Crippen LogP contribution is 2.30. The number of hydrogen-bond acceptors (Lipinski definition) is 6. The van der Waals surface area contributed by atoms with Crippen LogP contribution in [0.4, 0.5) is 0 Å². The SMILES string of the molecule is C=CC(c1ccc(Cl)cc1)S(=O)(=O)NCC(NS(=O)(=O)C(C=C)c1cccc2ccccc12)C(=O)NO. The molecule has 9 nitrogen and oxygen atoms in total. The molecular formula is C25H26ClN3O6S2. The molecule has 196 valence electrons. The normalized spacial score (nSPS) is 14.4. The highest BCUT2D eigenvalue weighted by atomic mass is 35.5. The van der Waals surface area contributed by atoms with Crippen LogP contribution in [0.1, 0.15) is 21.6 Å². The highest BCUT2D eigenvalue weighted by Gasteiger charge is 2.33. The van der Waals surface area contributed by atoms with Gasteiger partial charge in [0, 0.05) is 11.6 Å². The van der Waals surface area contributed by atoms with Gasteiger partial charge < -0.3 is 0 Å². The summed E-state index contributed by atoms with van der Waals surface area (Å²) in [7, 11) is -8.50. The monoisotopic (exact) mass is 563 g/mol. The Morgan fingerprint density at radius 1 is 0.892 bits per heavy atom. The Morgan fingerprint density at radius 3 is 2.14 bits per heavy atom. The number of benzene rings is 3. The van der Waals surface area contributed by atoms with Gasteiger partial charge in [0.25, 0.3) is 5.91 Å². The lowest BCUT2D eigenvalue weighted by molar-refractivity contribution is -0.130. The number of fused-ring (bicyclic) bond motifs is 1. The molecule has 0 aromatic heterocycles. The third-order valence-corrected chi connectivity index (χ3v) is 9.33. The van der Waals surface area contributed by atoms with E-state index in [1.165, 1.54) is 41.9 Å². The molecule has 37 heavy (non-hydrogen) atoms. The first kappa shape index (κ1) is 28.5. The molecule has 0 saturated heterocycles. The third kappa shape index (κ3) is 6.63. The summed E-state index contributed by atoms with van der Waals surface area (Å²) < 4.78 is 57.1. The Kier molecular flexibility index (Phi) is 9.24. The van der Waals surface area contributed by atoms with Crippen LogP contribution >= 0.6 is 11.6 Å². The molecule has 0 radical (unpaired) electrons. The van der Waals surface area contributed by atoms with Gasteiger partial charge in [0.05, 0.1) is 0 Å². The van der Waals surface area contributed by atoms with Crippen molar-refractivity contribution in [3.05, 3.63) is 108 Å². The van der Waals surface area contributed by atoms with Crippen molar-refractivity contribution in [2.45, 2.75) is 16.5 Å². The van der Waals surface area contributed by atoms with Crippen molar-refractivity contribution in [1.82, 2.24) is 14.9 Å². The molecule has 1 amide bonds. The van der Waals surface area contributed by atoms with E-state index in [-0.39, 0.29) is 0 Å². The predicted molar refractivity (Wildman–Crippen MR) is 144 cm³/mol. The molecule has 0 aliphatic rings. The summed E-state index contributed by atoms with van der Waals surface area (Å²) in [6.07, 6.45) is 2.39. The van der Waals surface area contributed by atoms with E-state index >= 15 is 0 Å². The van der Waals surface area contributed by atoms with Gasteiger partial charge in [-0.2, -0.15) is 0 Å². The summed E-state index contributed by atoms with van der Waals surface area (Å²) in [6.45, 7) is 6.51. The molecule has 0 spiro atoms. The van der Waals surface area contributed by atoms with Crippen LogP contribution in [0, 0.1) is 0 Å². The number of hydrogen-bond donors (Lipinski definition) is 4. The largest absolute Gasteiger partial charge is 0.289 e. The number of halogens is 1. The molecule has 0 bridgehead atoms. The number of amides is 1. The van der Waals surface area contributed by atoms with Gasteiger partial charge in [-0.25, -0.2) is 31.8 Å². The lowest BCUT2D eigenvalue weighted by atomic mass is 10.0. The van der Waals surface area contributed by atoms with E-state index < -0.39 is 49.0 Å². The minimum atomic E-state index is -4.33.